The van der Waals surface area contributed by atoms with Crippen molar-refractivity contribution in [2.75, 3.05) is 14.1 Å². The number of nitrogens with one attached hydrogen (secondary N) is 1. The fourth-order valence-corrected chi connectivity index (χ4v) is 5.43. The largest absolute Gasteiger partial charge is 0.369 e. The molecule has 0 aliphatic carbocycles. The zero-order valence-electron chi connectivity index (χ0n) is 17.8. The second-order valence-electron chi connectivity index (χ2n) is 8.53. The van der Waals surface area contributed by atoms with Crippen LogP contribution in [0.4, 0.5) is 0 Å². The summed E-state index contributed by atoms with van der Waals surface area (Å²) in [6.07, 6.45) is 4.42. The summed E-state index contributed by atoms with van der Waals surface area (Å²) in [5.41, 5.74) is 5.31. The number of ether oxygens (including phenoxy) is 1. The Labute approximate surface area is 182 Å². The highest BCUT2D eigenvalue weighted by molar-refractivity contribution is 9.10. The number of hydrogen-bond acceptors (Lipinski definition) is 2. The summed E-state index contributed by atoms with van der Waals surface area (Å²) in [4.78, 5) is 6.06. The van der Waals surface area contributed by atoms with Crippen LogP contribution in [0.25, 0.3) is 10.9 Å². The maximum absolute atomic E-state index is 6.47. The first-order valence-electron chi connectivity index (χ1n) is 10.6. The van der Waals surface area contributed by atoms with E-state index in [2.05, 4.69) is 102 Å². The topological polar surface area (TPSA) is 28.3 Å². The first-order valence-corrected chi connectivity index (χ1v) is 11.4. The van der Waals surface area contributed by atoms with Crippen molar-refractivity contribution >= 4 is 26.8 Å². The van der Waals surface area contributed by atoms with Crippen LogP contribution >= 0.6 is 15.9 Å². The summed E-state index contributed by atoms with van der Waals surface area (Å²) in [6, 6.07) is 17.4. The molecular weight excluding hydrogens is 424 g/mol. The fourth-order valence-electron chi connectivity index (χ4n) is 5.07. The van der Waals surface area contributed by atoms with Crippen molar-refractivity contribution < 1.29 is 4.74 Å². The number of H-pyrrole nitrogens is 1. The summed E-state index contributed by atoms with van der Waals surface area (Å²) in [5.74, 6) is 0. The Morgan fingerprint density at radius 2 is 1.93 bits per heavy atom. The lowest BCUT2D eigenvalue weighted by atomic mass is 9.80. The van der Waals surface area contributed by atoms with Gasteiger partial charge in [0.05, 0.1) is 12.2 Å². The minimum absolute atomic E-state index is 0.0144. The quantitative estimate of drug-likeness (QED) is 0.455. The molecule has 2 aromatic carbocycles. The minimum Gasteiger partial charge on any atom is -0.369 e. The first kappa shape index (κ1) is 20.6. The van der Waals surface area contributed by atoms with Crippen LogP contribution < -0.4 is 0 Å². The van der Waals surface area contributed by atoms with Gasteiger partial charge in [0.2, 0.25) is 0 Å². The van der Waals surface area contributed by atoms with E-state index in [1.54, 1.807) is 0 Å². The number of aromatic amines is 1. The smallest absolute Gasteiger partial charge is 0.0980 e. The van der Waals surface area contributed by atoms with E-state index in [0.717, 1.165) is 30.2 Å². The first-order chi connectivity index (χ1) is 13.9. The van der Waals surface area contributed by atoms with Crippen molar-refractivity contribution in [3.63, 3.8) is 0 Å². The van der Waals surface area contributed by atoms with E-state index in [0.29, 0.717) is 0 Å². The SMILES string of the molecule is CCC(CCC1OC(C)Cc2c1[nH]c1ccc(Br)cc21)(c1ccccc1)N(C)C. The molecule has 2 heterocycles. The summed E-state index contributed by atoms with van der Waals surface area (Å²) in [6.45, 7) is 4.49. The van der Waals surface area contributed by atoms with Crippen molar-refractivity contribution in [3.05, 3.63) is 69.8 Å². The van der Waals surface area contributed by atoms with Crippen molar-refractivity contribution in [3.8, 4) is 0 Å². The van der Waals surface area contributed by atoms with Crippen LogP contribution in [0.2, 0.25) is 0 Å². The Balaban J connectivity index is 1.67. The zero-order valence-corrected chi connectivity index (χ0v) is 19.4. The van der Waals surface area contributed by atoms with Crippen LogP contribution in [0.5, 0.6) is 0 Å². The molecular formula is C25H31BrN2O. The second kappa shape index (κ2) is 8.25. The molecule has 154 valence electrons. The average molecular weight is 455 g/mol. The molecule has 1 aliphatic heterocycles. The van der Waals surface area contributed by atoms with E-state index in [-0.39, 0.29) is 17.7 Å². The lowest BCUT2D eigenvalue weighted by Crippen LogP contribution is -2.41. The van der Waals surface area contributed by atoms with Gasteiger partial charge in [-0.2, -0.15) is 0 Å². The number of fused-ring (bicyclic) bond motifs is 3. The second-order valence-corrected chi connectivity index (χ2v) is 9.45. The minimum atomic E-state index is 0.0144. The molecule has 29 heavy (non-hydrogen) atoms. The zero-order chi connectivity index (χ0) is 20.6. The molecule has 3 aromatic rings. The number of aromatic nitrogens is 1. The molecule has 0 spiro atoms. The van der Waals surface area contributed by atoms with E-state index >= 15 is 0 Å². The lowest BCUT2D eigenvalue weighted by Gasteiger charge is -2.41. The Morgan fingerprint density at radius 1 is 1.17 bits per heavy atom. The van der Waals surface area contributed by atoms with Gasteiger partial charge >= 0.3 is 0 Å². The van der Waals surface area contributed by atoms with Gasteiger partial charge in [-0.15, -0.1) is 0 Å². The van der Waals surface area contributed by atoms with Crippen molar-refractivity contribution in [1.29, 1.82) is 0 Å². The Kier molecular flexibility index (Phi) is 5.87. The van der Waals surface area contributed by atoms with E-state index in [1.165, 1.54) is 27.7 Å². The van der Waals surface area contributed by atoms with Crippen LogP contribution in [-0.4, -0.2) is 30.1 Å². The molecule has 3 atom stereocenters. The van der Waals surface area contributed by atoms with Gasteiger partial charge in [-0.25, -0.2) is 0 Å². The molecule has 0 radical (unpaired) electrons. The molecule has 0 fully saturated rings. The number of benzene rings is 2. The Bertz CT molecular complexity index is 981. The molecule has 1 aliphatic rings. The third-order valence-electron chi connectivity index (χ3n) is 6.68. The van der Waals surface area contributed by atoms with E-state index in [1.807, 2.05) is 0 Å². The molecule has 4 rings (SSSR count). The van der Waals surface area contributed by atoms with E-state index in [4.69, 9.17) is 4.74 Å². The summed E-state index contributed by atoms with van der Waals surface area (Å²) >= 11 is 3.63. The van der Waals surface area contributed by atoms with Gasteiger partial charge in [0.15, 0.2) is 0 Å². The van der Waals surface area contributed by atoms with E-state index < -0.39 is 0 Å². The predicted molar refractivity (Wildman–Crippen MR) is 124 cm³/mol. The molecule has 4 heteroatoms. The van der Waals surface area contributed by atoms with Crippen molar-refractivity contribution in [2.24, 2.45) is 0 Å². The standard InChI is InChI=1S/C25H31BrN2O/c1-5-25(28(3)4,18-9-7-6-8-10-18)14-13-23-24-21(15-17(2)29-23)20-16-19(26)11-12-22(20)27-24/h6-12,16-17,23,27H,5,13-15H2,1-4H3. The highest BCUT2D eigenvalue weighted by atomic mass is 79.9. The molecule has 0 saturated carbocycles. The van der Waals surface area contributed by atoms with Crippen molar-refractivity contribution in [1.82, 2.24) is 9.88 Å². The number of rotatable bonds is 6. The van der Waals surface area contributed by atoms with E-state index in [9.17, 15) is 0 Å². The number of hydrogen-bond donors (Lipinski definition) is 1. The van der Waals surface area contributed by atoms with Gasteiger partial charge in [-0.3, -0.25) is 4.90 Å². The number of nitrogens with zero attached hydrogens (tertiary/aromatic N) is 1. The highest BCUT2D eigenvalue weighted by Gasteiger charge is 2.36. The molecule has 0 amide bonds. The molecule has 1 aromatic heterocycles. The Hall–Kier alpha value is -1.62. The summed E-state index contributed by atoms with van der Waals surface area (Å²) in [7, 11) is 4.40. The molecule has 0 bridgehead atoms. The van der Waals surface area contributed by atoms with Crippen LogP contribution in [-0.2, 0) is 16.7 Å². The normalized spacial score (nSPS) is 21.3. The van der Waals surface area contributed by atoms with Crippen LogP contribution in [0.3, 0.4) is 0 Å². The molecule has 3 unspecified atom stereocenters. The molecule has 1 N–H and O–H groups in total. The molecule has 0 saturated heterocycles. The Morgan fingerprint density at radius 3 is 2.62 bits per heavy atom. The van der Waals surface area contributed by atoms with Crippen LogP contribution in [0.15, 0.2) is 53.0 Å². The van der Waals surface area contributed by atoms with Gasteiger partial charge in [0, 0.05) is 33.0 Å². The maximum Gasteiger partial charge on any atom is 0.0980 e. The van der Waals surface area contributed by atoms with Gasteiger partial charge in [-0.1, -0.05) is 53.2 Å². The third kappa shape index (κ3) is 3.78. The van der Waals surface area contributed by atoms with Gasteiger partial charge in [-0.05, 0) is 69.6 Å². The number of halogens is 1. The van der Waals surface area contributed by atoms with Gasteiger partial charge < -0.3 is 9.72 Å². The average Bonchev–Trinajstić information content (AvgIpc) is 3.07. The summed E-state index contributed by atoms with van der Waals surface area (Å²) < 4.78 is 7.60. The van der Waals surface area contributed by atoms with Crippen LogP contribution in [0.1, 0.15) is 56.0 Å². The molecule has 3 nitrogen and oxygen atoms in total. The van der Waals surface area contributed by atoms with Crippen LogP contribution in [0, 0.1) is 0 Å². The van der Waals surface area contributed by atoms with Gasteiger partial charge in [0.1, 0.15) is 0 Å². The highest BCUT2D eigenvalue weighted by Crippen LogP contribution is 2.42. The predicted octanol–water partition coefficient (Wildman–Crippen LogP) is 6.58. The lowest BCUT2D eigenvalue weighted by molar-refractivity contribution is -0.0312. The third-order valence-corrected chi connectivity index (χ3v) is 7.18. The van der Waals surface area contributed by atoms with Crippen molar-refractivity contribution in [2.45, 2.75) is 57.3 Å². The monoisotopic (exact) mass is 454 g/mol. The maximum atomic E-state index is 6.47. The fraction of sp³-hybridized carbons (Fsp3) is 0.440. The summed E-state index contributed by atoms with van der Waals surface area (Å²) in [5, 5.41) is 1.33. The van der Waals surface area contributed by atoms with Gasteiger partial charge in [0.25, 0.3) is 0 Å².